The van der Waals surface area contributed by atoms with Gasteiger partial charge < -0.3 is 4.74 Å². The lowest BCUT2D eigenvalue weighted by atomic mass is 10.1. The minimum atomic E-state index is -0.302. The number of thiazole rings is 1. The van der Waals surface area contributed by atoms with Crippen molar-refractivity contribution in [3.05, 3.63) is 158 Å². The molecule has 0 atom stereocenters. The zero-order valence-corrected chi connectivity index (χ0v) is 25.0. The number of para-hydroxylation sites is 1. The van der Waals surface area contributed by atoms with Crippen molar-refractivity contribution >= 4 is 34.5 Å². The van der Waals surface area contributed by atoms with Crippen molar-refractivity contribution in [3.8, 4) is 22.7 Å². The molecule has 9 heteroatoms. The van der Waals surface area contributed by atoms with Crippen molar-refractivity contribution in [1.82, 2.24) is 24.4 Å². The standard InChI is InChI=1S/C36H26FN5O2S/c1-24-10-12-26(13-11-24)23-44-31-9-5-6-27(20-31)34-28(22-41(40-34)30-7-3-2-4-8-30)21-32-35(43)42-36(45-32)38-33(39-42)19-16-25-14-17-29(37)18-15-25/h2-22H,23H2,1H3/b19-16+,32-21-. The maximum atomic E-state index is 13.4. The molecule has 0 amide bonds. The van der Waals surface area contributed by atoms with Crippen molar-refractivity contribution in [2.75, 3.05) is 0 Å². The molecule has 0 N–H and O–H groups in total. The Morgan fingerprint density at radius 3 is 2.47 bits per heavy atom. The molecule has 0 fully saturated rings. The molecule has 0 aliphatic rings. The van der Waals surface area contributed by atoms with Gasteiger partial charge in [-0.05, 0) is 66.6 Å². The van der Waals surface area contributed by atoms with Crippen molar-refractivity contribution < 1.29 is 9.13 Å². The van der Waals surface area contributed by atoms with Crippen molar-refractivity contribution in [2.24, 2.45) is 0 Å². The zero-order valence-electron chi connectivity index (χ0n) is 24.2. The number of halogens is 1. The van der Waals surface area contributed by atoms with E-state index >= 15 is 0 Å². The van der Waals surface area contributed by atoms with E-state index in [1.54, 1.807) is 29.0 Å². The third kappa shape index (κ3) is 6.20. The van der Waals surface area contributed by atoms with Gasteiger partial charge in [-0.3, -0.25) is 4.79 Å². The summed E-state index contributed by atoms with van der Waals surface area (Å²) >= 11 is 1.26. The van der Waals surface area contributed by atoms with E-state index in [0.29, 0.717) is 27.6 Å². The van der Waals surface area contributed by atoms with Crippen LogP contribution in [-0.4, -0.2) is 24.4 Å². The van der Waals surface area contributed by atoms with Gasteiger partial charge in [0.2, 0.25) is 4.96 Å². The van der Waals surface area contributed by atoms with Gasteiger partial charge in [-0.15, -0.1) is 5.10 Å². The van der Waals surface area contributed by atoms with Crippen molar-refractivity contribution in [2.45, 2.75) is 13.5 Å². The number of nitrogens with zero attached hydrogens (tertiary/aromatic N) is 5. The predicted molar refractivity (Wildman–Crippen MR) is 176 cm³/mol. The molecule has 4 aromatic carbocycles. The lowest BCUT2D eigenvalue weighted by molar-refractivity contribution is 0.306. The molecule has 7 nitrogen and oxygen atoms in total. The van der Waals surface area contributed by atoms with E-state index in [-0.39, 0.29) is 11.4 Å². The fourth-order valence-electron chi connectivity index (χ4n) is 4.82. The van der Waals surface area contributed by atoms with E-state index in [9.17, 15) is 9.18 Å². The average molecular weight is 612 g/mol. The molecule has 3 heterocycles. The second kappa shape index (κ2) is 12.1. The Hall–Kier alpha value is -5.67. The van der Waals surface area contributed by atoms with E-state index in [4.69, 9.17) is 9.84 Å². The number of aromatic nitrogens is 5. The molecule has 0 aliphatic heterocycles. The second-order valence-corrected chi connectivity index (χ2v) is 11.5. The van der Waals surface area contributed by atoms with Crippen LogP contribution in [0.5, 0.6) is 5.75 Å². The molecule has 0 bridgehead atoms. The number of aryl methyl sites for hydroxylation is 1. The van der Waals surface area contributed by atoms with Crippen LogP contribution in [0.15, 0.2) is 114 Å². The molecule has 0 saturated heterocycles. The maximum absolute atomic E-state index is 13.4. The fourth-order valence-corrected chi connectivity index (χ4v) is 5.73. The van der Waals surface area contributed by atoms with Gasteiger partial charge in [0, 0.05) is 17.3 Å². The third-order valence-electron chi connectivity index (χ3n) is 7.18. The van der Waals surface area contributed by atoms with Gasteiger partial charge in [0.05, 0.1) is 10.2 Å². The Bertz CT molecular complexity index is 2250. The molecular weight excluding hydrogens is 585 g/mol. The first-order chi connectivity index (χ1) is 22.0. The molecule has 0 aliphatic carbocycles. The van der Waals surface area contributed by atoms with Gasteiger partial charge in [-0.25, -0.2) is 9.07 Å². The summed E-state index contributed by atoms with van der Waals surface area (Å²) in [4.78, 5) is 18.4. The van der Waals surface area contributed by atoms with Crippen molar-refractivity contribution in [3.63, 3.8) is 0 Å². The molecule has 7 rings (SSSR count). The molecule has 0 radical (unpaired) electrons. The maximum Gasteiger partial charge on any atom is 0.291 e. The average Bonchev–Trinajstić information content (AvgIpc) is 3.75. The summed E-state index contributed by atoms with van der Waals surface area (Å²) in [6, 6.07) is 32.0. The number of fused-ring (bicyclic) bond motifs is 1. The SMILES string of the molecule is Cc1ccc(COc2cccc(-c3nn(-c4ccccc4)cc3/C=c3\sc4nc(/C=C/c5ccc(F)cc5)nn4c3=O)c2)cc1. The highest BCUT2D eigenvalue weighted by atomic mass is 32.1. The number of rotatable bonds is 8. The smallest absolute Gasteiger partial charge is 0.291 e. The molecule has 220 valence electrons. The normalized spacial score (nSPS) is 12.0. The third-order valence-corrected chi connectivity index (χ3v) is 8.14. The lowest BCUT2D eigenvalue weighted by Gasteiger charge is -2.08. The predicted octanol–water partition coefficient (Wildman–Crippen LogP) is 6.75. The first kappa shape index (κ1) is 28.1. The Morgan fingerprint density at radius 2 is 1.69 bits per heavy atom. The fraction of sp³-hybridized carbons (Fsp3) is 0.0556. The highest BCUT2D eigenvalue weighted by molar-refractivity contribution is 7.15. The largest absolute Gasteiger partial charge is 0.489 e. The van der Waals surface area contributed by atoms with Gasteiger partial charge >= 0.3 is 0 Å². The van der Waals surface area contributed by atoms with E-state index in [1.807, 2.05) is 66.9 Å². The molecule has 0 unspecified atom stereocenters. The van der Waals surface area contributed by atoms with E-state index in [0.717, 1.165) is 33.7 Å². The summed E-state index contributed by atoms with van der Waals surface area (Å²) in [6.45, 7) is 2.51. The van der Waals surface area contributed by atoms with Crippen LogP contribution in [0.3, 0.4) is 0 Å². The Balaban J connectivity index is 1.23. The molecule has 3 aromatic heterocycles. The van der Waals surface area contributed by atoms with Crippen LogP contribution in [-0.2, 0) is 6.61 Å². The van der Waals surface area contributed by atoms with Crippen LogP contribution in [0, 0.1) is 12.7 Å². The summed E-state index contributed by atoms with van der Waals surface area (Å²) in [5, 5.41) is 9.31. The number of benzene rings is 4. The van der Waals surface area contributed by atoms with Crippen LogP contribution < -0.4 is 14.8 Å². The first-order valence-corrected chi connectivity index (χ1v) is 15.1. The molecule has 7 aromatic rings. The number of hydrogen-bond donors (Lipinski definition) is 0. The summed E-state index contributed by atoms with van der Waals surface area (Å²) in [7, 11) is 0. The summed E-state index contributed by atoms with van der Waals surface area (Å²) in [5.74, 6) is 0.816. The van der Waals surface area contributed by atoms with Gasteiger partial charge in [-0.1, -0.05) is 89.7 Å². The minimum Gasteiger partial charge on any atom is -0.489 e. The lowest BCUT2D eigenvalue weighted by Crippen LogP contribution is -2.23. The Morgan fingerprint density at radius 1 is 0.889 bits per heavy atom. The van der Waals surface area contributed by atoms with Gasteiger partial charge in [0.15, 0.2) is 5.82 Å². The van der Waals surface area contributed by atoms with Crippen LogP contribution in [0.2, 0.25) is 0 Å². The highest BCUT2D eigenvalue weighted by Crippen LogP contribution is 2.28. The molecular formula is C36H26FN5O2S. The Labute approximate surface area is 261 Å². The van der Waals surface area contributed by atoms with Crippen molar-refractivity contribution in [1.29, 1.82) is 0 Å². The summed E-state index contributed by atoms with van der Waals surface area (Å²) in [6.07, 6.45) is 7.22. The van der Waals surface area contributed by atoms with Crippen LogP contribution in [0.25, 0.3) is 40.1 Å². The quantitative estimate of drug-likeness (QED) is 0.190. The number of hydrogen-bond acceptors (Lipinski definition) is 6. The monoisotopic (exact) mass is 611 g/mol. The van der Waals surface area contributed by atoms with Crippen LogP contribution >= 0.6 is 11.3 Å². The highest BCUT2D eigenvalue weighted by Gasteiger charge is 2.15. The molecule has 0 spiro atoms. The van der Waals surface area contributed by atoms with Gasteiger partial charge in [0.1, 0.15) is 23.9 Å². The first-order valence-electron chi connectivity index (χ1n) is 14.3. The van der Waals surface area contributed by atoms with Crippen LogP contribution in [0.4, 0.5) is 4.39 Å². The van der Waals surface area contributed by atoms with E-state index in [1.165, 1.54) is 33.5 Å². The van der Waals surface area contributed by atoms with E-state index < -0.39 is 0 Å². The molecule has 45 heavy (non-hydrogen) atoms. The topological polar surface area (TPSA) is 74.3 Å². The molecule has 0 saturated carbocycles. The second-order valence-electron chi connectivity index (χ2n) is 10.5. The Kier molecular flexibility index (Phi) is 7.59. The summed E-state index contributed by atoms with van der Waals surface area (Å²) < 4.78 is 22.9. The van der Waals surface area contributed by atoms with E-state index in [2.05, 4.69) is 41.3 Å². The van der Waals surface area contributed by atoms with Crippen LogP contribution in [0.1, 0.15) is 28.1 Å². The number of ether oxygens (including phenoxy) is 1. The van der Waals surface area contributed by atoms with Gasteiger partial charge in [0.25, 0.3) is 5.56 Å². The van der Waals surface area contributed by atoms with Gasteiger partial charge in [-0.2, -0.15) is 14.6 Å². The summed E-state index contributed by atoms with van der Waals surface area (Å²) in [5.41, 5.74) is 6.06. The zero-order chi connectivity index (χ0) is 30.8. The minimum absolute atomic E-state index is 0.266.